The molecule has 0 bridgehead atoms. The zero-order valence-corrected chi connectivity index (χ0v) is 10.3. The molecule has 84 valence electrons. The van der Waals surface area contributed by atoms with E-state index in [-0.39, 0.29) is 0 Å². The summed E-state index contributed by atoms with van der Waals surface area (Å²) in [6, 6.07) is 2.66. The lowest BCUT2D eigenvalue weighted by atomic mass is 9.95. The predicted octanol–water partition coefficient (Wildman–Crippen LogP) is 2.75. The van der Waals surface area contributed by atoms with Gasteiger partial charge in [0.1, 0.15) is 0 Å². The van der Waals surface area contributed by atoms with Gasteiger partial charge in [-0.1, -0.05) is 13.3 Å². The van der Waals surface area contributed by atoms with Crippen molar-refractivity contribution in [2.75, 3.05) is 13.7 Å². The molecule has 1 aliphatic rings. The Labute approximate surface area is 95.6 Å². The summed E-state index contributed by atoms with van der Waals surface area (Å²) in [7, 11) is 1.82. The van der Waals surface area contributed by atoms with Gasteiger partial charge < -0.3 is 10.1 Å². The molecule has 1 aromatic rings. The van der Waals surface area contributed by atoms with E-state index in [1.165, 1.54) is 23.3 Å². The van der Waals surface area contributed by atoms with Gasteiger partial charge in [-0.15, -0.1) is 11.3 Å². The summed E-state index contributed by atoms with van der Waals surface area (Å²) in [5, 5.41) is 5.78. The minimum Gasteiger partial charge on any atom is -0.379 e. The Kier molecular flexibility index (Phi) is 3.78. The number of methoxy groups -OCH3 is 1. The van der Waals surface area contributed by atoms with Crippen LogP contribution >= 0.6 is 11.3 Å². The van der Waals surface area contributed by atoms with Crippen LogP contribution in [-0.2, 0) is 11.2 Å². The first-order valence-corrected chi connectivity index (χ1v) is 6.57. The highest BCUT2D eigenvalue weighted by molar-refractivity contribution is 7.10. The topological polar surface area (TPSA) is 21.3 Å². The first kappa shape index (κ1) is 11.1. The Morgan fingerprint density at radius 3 is 3.27 bits per heavy atom. The SMILES string of the molecule is CCCC(OC)C1NCCc2sccc21. The van der Waals surface area contributed by atoms with Gasteiger partial charge >= 0.3 is 0 Å². The summed E-state index contributed by atoms with van der Waals surface area (Å²) in [5.41, 5.74) is 1.46. The van der Waals surface area contributed by atoms with Crippen molar-refractivity contribution >= 4 is 11.3 Å². The molecule has 2 rings (SSSR count). The van der Waals surface area contributed by atoms with E-state index in [0.717, 1.165) is 13.0 Å². The van der Waals surface area contributed by atoms with E-state index < -0.39 is 0 Å². The third-order valence-corrected chi connectivity index (χ3v) is 4.08. The molecule has 15 heavy (non-hydrogen) atoms. The normalized spacial score (nSPS) is 22.4. The van der Waals surface area contributed by atoms with Crippen LogP contribution in [0.1, 0.15) is 36.2 Å². The summed E-state index contributed by atoms with van der Waals surface area (Å²) in [6.07, 6.45) is 3.80. The van der Waals surface area contributed by atoms with Crippen molar-refractivity contribution in [1.82, 2.24) is 5.32 Å². The molecule has 3 heteroatoms. The molecule has 2 atom stereocenters. The number of hydrogen-bond acceptors (Lipinski definition) is 3. The van der Waals surface area contributed by atoms with E-state index in [2.05, 4.69) is 23.7 Å². The average Bonchev–Trinajstić information content (AvgIpc) is 2.73. The summed E-state index contributed by atoms with van der Waals surface area (Å²) in [5.74, 6) is 0. The number of nitrogens with one attached hydrogen (secondary N) is 1. The molecule has 1 aliphatic heterocycles. The predicted molar refractivity (Wildman–Crippen MR) is 64.5 cm³/mol. The minimum atomic E-state index is 0.323. The van der Waals surface area contributed by atoms with Gasteiger partial charge in [-0.25, -0.2) is 0 Å². The van der Waals surface area contributed by atoms with Crippen LogP contribution in [0.25, 0.3) is 0 Å². The second-order valence-corrected chi connectivity index (χ2v) is 5.04. The van der Waals surface area contributed by atoms with Gasteiger partial charge in [-0.05, 0) is 29.9 Å². The molecule has 0 spiro atoms. The summed E-state index contributed by atoms with van der Waals surface area (Å²) in [6.45, 7) is 3.30. The Bertz CT molecular complexity index is 310. The van der Waals surface area contributed by atoms with E-state index in [9.17, 15) is 0 Å². The van der Waals surface area contributed by atoms with Crippen LogP contribution in [-0.4, -0.2) is 19.8 Å². The van der Waals surface area contributed by atoms with E-state index >= 15 is 0 Å². The highest BCUT2D eigenvalue weighted by Gasteiger charge is 2.27. The molecule has 0 aliphatic carbocycles. The van der Waals surface area contributed by atoms with Gasteiger partial charge in [0.2, 0.25) is 0 Å². The fourth-order valence-corrected chi connectivity index (χ4v) is 3.25. The fraction of sp³-hybridized carbons (Fsp3) is 0.667. The van der Waals surface area contributed by atoms with Crippen molar-refractivity contribution in [3.05, 3.63) is 21.9 Å². The number of rotatable bonds is 4. The second kappa shape index (κ2) is 5.10. The highest BCUT2D eigenvalue weighted by Crippen LogP contribution is 2.31. The molecule has 0 radical (unpaired) electrons. The molecule has 0 saturated carbocycles. The molecule has 2 unspecified atom stereocenters. The maximum Gasteiger partial charge on any atom is 0.0766 e. The molecule has 1 aromatic heterocycles. The number of fused-ring (bicyclic) bond motifs is 1. The minimum absolute atomic E-state index is 0.323. The van der Waals surface area contributed by atoms with Gasteiger partial charge in [0.15, 0.2) is 0 Å². The van der Waals surface area contributed by atoms with Crippen LogP contribution in [0.15, 0.2) is 11.4 Å². The lowest BCUT2D eigenvalue weighted by Gasteiger charge is -2.30. The monoisotopic (exact) mass is 225 g/mol. The second-order valence-electron chi connectivity index (χ2n) is 4.04. The van der Waals surface area contributed by atoms with Crippen molar-refractivity contribution < 1.29 is 4.74 Å². The molecule has 0 fully saturated rings. The van der Waals surface area contributed by atoms with Crippen LogP contribution in [0, 0.1) is 0 Å². The van der Waals surface area contributed by atoms with Gasteiger partial charge in [0, 0.05) is 18.5 Å². The Morgan fingerprint density at radius 2 is 2.53 bits per heavy atom. The quantitative estimate of drug-likeness (QED) is 0.850. The third-order valence-electron chi connectivity index (χ3n) is 3.08. The van der Waals surface area contributed by atoms with Crippen LogP contribution in [0.2, 0.25) is 0 Å². The first-order chi connectivity index (χ1) is 7.36. The summed E-state index contributed by atoms with van der Waals surface area (Å²) in [4.78, 5) is 1.54. The van der Waals surface area contributed by atoms with Gasteiger partial charge in [0.25, 0.3) is 0 Å². The summed E-state index contributed by atoms with van der Waals surface area (Å²) >= 11 is 1.88. The molecule has 0 aromatic carbocycles. The molecule has 1 N–H and O–H groups in total. The van der Waals surface area contributed by atoms with Gasteiger partial charge in [0.05, 0.1) is 12.1 Å². The zero-order valence-electron chi connectivity index (χ0n) is 9.45. The van der Waals surface area contributed by atoms with Crippen LogP contribution in [0.5, 0.6) is 0 Å². The highest BCUT2D eigenvalue weighted by atomic mass is 32.1. The largest absolute Gasteiger partial charge is 0.379 e. The van der Waals surface area contributed by atoms with Crippen LogP contribution < -0.4 is 5.32 Å². The molecule has 2 heterocycles. The van der Waals surface area contributed by atoms with Crippen molar-refractivity contribution in [1.29, 1.82) is 0 Å². The lowest BCUT2D eigenvalue weighted by Crippen LogP contribution is -2.37. The van der Waals surface area contributed by atoms with E-state index in [4.69, 9.17) is 4.74 Å². The maximum atomic E-state index is 5.60. The zero-order chi connectivity index (χ0) is 10.7. The Morgan fingerprint density at radius 1 is 1.67 bits per heavy atom. The first-order valence-electron chi connectivity index (χ1n) is 5.69. The van der Waals surface area contributed by atoms with E-state index in [1.54, 1.807) is 0 Å². The van der Waals surface area contributed by atoms with Crippen molar-refractivity contribution in [3.8, 4) is 0 Å². The van der Waals surface area contributed by atoms with Crippen molar-refractivity contribution in [2.24, 2.45) is 0 Å². The average molecular weight is 225 g/mol. The molecule has 2 nitrogen and oxygen atoms in total. The Balaban J connectivity index is 2.16. The molecular weight excluding hydrogens is 206 g/mol. The third kappa shape index (κ3) is 2.25. The molecule has 0 amide bonds. The van der Waals surface area contributed by atoms with Crippen molar-refractivity contribution in [3.63, 3.8) is 0 Å². The standard InChI is InChI=1S/C12H19NOS/c1-3-4-10(14-2)12-9-6-8-15-11(9)5-7-13-12/h6,8,10,12-13H,3-5,7H2,1-2H3. The number of ether oxygens (including phenoxy) is 1. The van der Waals surface area contributed by atoms with Gasteiger partial charge in [-0.2, -0.15) is 0 Å². The van der Waals surface area contributed by atoms with Crippen molar-refractivity contribution in [2.45, 2.75) is 38.3 Å². The maximum absolute atomic E-state index is 5.60. The number of hydrogen-bond donors (Lipinski definition) is 1. The smallest absolute Gasteiger partial charge is 0.0766 e. The van der Waals surface area contributed by atoms with Crippen LogP contribution in [0.3, 0.4) is 0 Å². The van der Waals surface area contributed by atoms with Crippen LogP contribution in [0.4, 0.5) is 0 Å². The molecule has 0 saturated heterocycles. The Hall–Kier alpha value is -0.380. The fourth-order valence-electron chi connectivity index (χ4n) is 2.32. The van der Waals surface area contributed by atoms with E-state index in [1.807, 2.05) is 18.4 Å². The molecular formula is C12H19NOS. The summed E-state index contributed by atoms with van der Waals surface area (Å²) < 4.78 is 5.60. The number of thiophene rings is 1. The lowest BCUT2D eigenvalue weighted by molar-refractivity contribution is 0.0588. The van der Waals surface area contributed by atoms with Gasteiger partial charge in [-0.3, -0.25) is 0 Å². The van der Waals surface area contributed by atoms with E-state index in [0.29, 0.717) is 12.1 Å².